The number of ether oxygens (including phenoxy) is 3. The Morgan fingerprint density at radius 3 is 2.21 bits per heavy atom. The van der Waals surface area contributed by atoms with Crippen molar-refractivity contribution in [3.63, 3.8) is 0 Å². The van der Waals surface area contributed by atoms with E-state index < -0.39 is 29.9 Å². The van der Waals surface area contributed by atoms with Crippen molar-refractivity contribution in [3.8, 4) is 11.1 Å². The van der Waals surface area contributed by atoms with Crippen LogP contribution in [0.3, 0.4) is 0 Å². The fourth-order valence-corrected chi connectivity index (χ4v) is 9.19. The number of piperidine rings is 1. The van der Waals surface area contributed by atoms with Crippen LogP contribution >= 0.6 is 0 Å². The minimum Gasteiger partial charge on any atom is -0.445 e. The second-order valence-corrected chi connectivity index (χ2v) is 16.7. The van der Waals surface area contributed by atoms with Gasteiger partial charge in [-0.1, -0.05) is 115 Å². The Bertz CT molecular complexity index is 2410. The van der Waals surface area contributed by atoms with Gasteiger partial charge in [-0.05, 0) is 64.4 Å². The Balaban J connectivity index is 0.851. The molecule has 324 valence electrons. The molecule has 1 unspecified atom stereocenters. The van der Waals surface area contributed by atoms with Crippen molar-refractivity contribution in [3.05, 3.63) is 161 Å². The zero-order valence-corrected chi connectivity index (χ0v) is 34.9. The maximum atomic E-state index is 13.3. The Kier molecular flexibility index (Phi) is 12.3. The lowest BCUT2D eigenvalue weighted by Gasteiger charge is -2.45. The summed E-state index contributed by atoms with van der Waals surface area (Å²) in [4.78, 5) is 57.8. The van der Waals surface area contributed by atoms with E-state index in [0.29, 0.717) is 32.5 Å². The van der Waals surface area contributed by atoms with Gasteiger partial charge in [-0.25, -0.2) is 4.79 Å². The number of imide groups is 1. The number of rotatable bonds is 12. The molecule has 4 amide bonds. The third-order valence-corrected chi connectivity index (χ3v) is 12.7. The predicted octanol–water partition coefficient (Wildman–Crippen LogP) is 6.37. The van der Waals surface area contributed by atoms with Crippen LogP contribution in [0.1, 0.15) is 65.9 Å². The van der Waals surface area contributed by atoms with Gasteiger partial charge in [-0.15, -0.1) is 0 Å². The Labute approximate surface area is 366 Å². The average molecular weight is 850 g/mol. The van der Waals surface area contributed by atoms with Gasteiger partial charge in [0.2, 0.25) is 11.8 Å². The molecule has 4 aliphatic heterocycles. The van der Waals surface area contributed by atoms with Crippen LogP contribution in [-0.2, 0) is 48.4 Å². The predicted molar refractivity (Wildman–Crippen MR) is 234 cm³/mol. The summed E-state index contributed by atoms with van der Waals surface area (Å²) >= 11 is 0. The van der Waals surface area contributed by atoms with E-state index >= 15 is 0 Å². The maximum Gasteiger partial charge on any atom is 0.408 e. The molecule has 4 fully saturated rings. The molecule has 5 aromatic carbocycles. The van der Waals surface area contributed by atoms with Crippen LogP contribution in [0.4, 0.5) is 10.5 Å². The number of aliphatic hydroxyl groups excluding tert-OH is 1. The molecule has 0 bridgehead atoms. The third-order valence-electron chi connectivity index (χ3n) is 12.7. The van der Waals surface area contributed by atoms with Gasteiger partial charge in [0.1, 0.15) is 18.2 Å². The molecule has 4 atom stereocenters. The van der Waals surface area contributed by atoms with Crippen LogP contribution in [-0.4, -0.2) is 82.7 Å². The summed E-state index contributed by atoms with van der Waals surface area (Å²) in [6.45, 7) is 2.80. The van der Waals surface area contributed by atoms with E-state index in [1.807, 2.05) is 121 Å². The van der Waals surface area contributed by atoms with Crippen molar-refractivity contribution in [1.29, 1.82) is 0 Å². The van der Waals surface area contributed by atoms with Crippen molar-refractivity contribution < 1.29 is 38.5 Å². The highest BCUT2D eigenvalue weighted by atomic mass is 16.7. The minimum atomic E-state index is -0.988. The first-order valence-corrected chi connectivity index (χ1v) is 21.6. The Morgan fingerprint density at radius 1 is 0.778 bits per heavy atom. The van der Waals surface area contributed by atoms with Crippen molar-refractivity contribution in [2.24, 2.45) is 0 Å². The van der Waals surface area contributed by atoms with E-state index in [-0.39, 0.29) is 50.2 Å². The molecule has 4 heterocycles. The number of likely N-dealkylation sites (tertiary alicyclic amines) is 2. The van der Waals surface area contributed by atoms with Crippen molar-refractivity contribution in [1.82, 2.24) is 20.4 Å². The van der Waals surface area contributed by atoms with Crippen LogP contribution in [0.5, 0.6) is 0 Å². The molecule has 4 aliphatic rings. The summed E-state index contributed by atoms with van der Waals surface area (Å²) in [7, 11) is 0. The SMILES string of the molecule is O=C(NC1CC(=O)N(Cc2cccc(-c3ccc([C@@H]4O[C@H](CN5CCC6(CC5)C(=O)NCN6c5ccccc5)C[C@H](c5ccc(CO)cc5)O4)cc3)c2)C1=O)OCc1ccccc1. The number of nitrogens with one attached hydrogen (secondary N) is 2. The molecule has 5 aromatic rings. The molecule has 0 aliphatic carbocycles. The summed E-state index contributed by atoms with van der Waals surface area (Å²) in [5, 5.41) is 15.3. The summed E-state index contributed by atoms with van der Waals surface area (Å²) < 4.78 is 18.7. The normalized spacial score (nSPS) is 22.3. The Hall–Kier alpha value is -6.38. The minimum absolute atomic E-state index is 0.0358. The van der Waals surface area contributed by atoms with Crippen LogP contribution in [0, 0.1) is 0 Å². The first-order valence-electron chi connectivity index (χ1n) is 21.6. The second-order valence-electron chi connectivity index (χ2n) is 16.7. The van der Waals surface area contributed by atoms with E-state index in [4.69, 9.17) is 14.2 Å². The number of carbonyl (C=O) groups is 4. The van der Waals surface area contributed by atoms with Gasteiger partial charge in [0.05, 0.1) is 38.4 Å². The summed E-state index contributed by atoms with van der Waals surface area (Å²) in [5.74, 6) is -0.745. The first kappa shape index (κ1) is 41.9. The van der Waals surface area contributed by atoms with Crippen molar-refractivity contribution in [2.45, 2.75) is 75.5 Å². The number of hydrogen-bond acceptors (Lipinski definition) is 10. The molecular weight excluding hydrogens is 799 g/mol. The number of nitrogens with zero attached hydrogens (tertiary/aromatic N) is 3. The van der Waals surface area contributed by atoms with E-state index in [2.05, 4.69) is 32.6 Å². The highest BCUT2D eigenvalue weighted by Crippen LogP contribution is 2.40. The molecule has 3 N–H and O–H groups in total. The van der Waals surface area contributed by atoms with E-state index in [1.54, 1.807) is 0 Å². The molecule has 0 aromatic heterocycles. The highest BCUT2D eigenvalue weighted by molar-refractivity contribution is 6.06. The van der Waals surface area contributed by atoms with Crippen LogP contribution < -0.4 is 15.5 Å². The lowest BCUT2D eigenvalue weighted by atomic mass is 9.85. The maximum absolute atomic E-state index is 13.3. The lowest BCUT2D eigenvalue weighted by molar-refractivity contribution is -0.253. The largest absolute Gasteiger partial charge is 0.445 e. The molecular formula is C50H51N5O8. The standard InChI is InChI=1S/C50H51N5O8/c56-31-34-14-16-38(17-15-34)44-27-42(30-53-24-22-50(23-25-53)48(59)51-33-55(50)41-12-5-2-6-13-41)62-47(63-44)39-20-18-37(19-21-39)40-11-7-10-36(26-40)29-54-45(57)28-43(46(54)58)52-49(60)61-32-35-8-3-1-4-9-35/h1-21,26,42-44,47,56H,22-25,27-33H2,(H,51,59)(H,52,60)/t42-,43?,44+,47+/m0/s1. The molecule has 4 saturated heterocycles. The number of benzene rings is 5. The molecule has 13 heteroatoms. The van der Waals surface area contributed by atoms with Crippen LogP contribution in [0.2, 0.25) is 0 Å². The van der Waals surface area contributed by atoms with Gasteiger partial charge in [-0.2, -0.15) is 0 Å². The number of anilines is 1. The summed E-state index contributed by atoms with van der Waals surface area (Å²) in [5.41, 5.74) is 6.62. The topological polar surface area (TPSA) is 150 Å². The fourth-order valence-electron chi connectivity index (χ4n) is 9.19. The number of amides is 4. The third kappa shape index (κ3) is 9.23. The van der Waals surface area contributed by atoms with E-state index in [1.165, 1.54) is 4.90 Å². The number of carbonyl (C=O) groups excluding carboxylic acids is 4. The first-order chi connectivity index (χ1) is 30.7. The van der Waals surface area contributed by atoms with Crippen molar-refractivity contribution in [2.75, 3.05) is 31.2 Å². The number of para-hydroxylation sites is 1. The molecule has 9 rings (SSSR count). The quantitative estimate of drug-likeness (QED) is 0.121. The lowest BCUT2D eigenvalue weighted by Crippen LogP contribution is -2.57. The van der Waals surface area contributed by atoms with Crippen LogP contribution in [0.25, 0.3) is 11.1 Å². The molecule has 63 heavy (non-hydrogen) atoms. The number of hydrogen-bond donors (Lipinski definition) is 3. The second kappa shape index (κ2) is 18.5. The van der Waals surface area contributed by atoms with E-state index in [0.717, 1.165) is 57.7 Å². The average Bonchev–Trinajstić information content (AvgIpc) is 3.78. The molecule has 0 radical (unpaired) electrons. The van der Waals surface area contributed by atoms with E-state index in [9.17, 15) is 24.3 Å². The van der Waals surface area contributed by atoms with Crippen LogP contribution in [0.15, 0.2) is 133 Å². The highest BCUT2D eigenvalue weighted by Gasteiger charge is 2.50. The molecule has 1 spiro atoms. The Morgan fingerprint density at radius 2 is 1.48 bits per heavy atom. The zero-order valence-electron chi connectivity index (χ0n) is 34.9. The smallest absolute Gasteiger partial charge is 0.408 e. The fraction of sp³-hybridized carbons (Fsp3) is 0.320. The summed E-state index contributed by atoms with van der Waals surface area (Å²) in [6.07, 6.45) is 0.158. The van der Waals surface area contributed by atoms with Crippen molar-refractivity contribution >= 4 is 29.5 Å². The van der Waals surface area contributed by atoms with Gasteiger partial charge in [0.15, 0.2) is 6.29 Å². The number of aliphatic hydroxyl groups is 1. The molecule has 0 saturated carbocycles. The van der Waals surface area contributed by atoms with Gasteiger partial charge in [0, 0.05) is 37.3 Å². The van der Waals surface area contributed by atoms with Gasteiger partial charge < -0.3 is 39.8 Å². The number of alkyl carbamates (subject to hydrolysis) is 1. The van der Waals surface area contributed by atoms with Gasteiger partial charge in [0.25, 0.3) is 5.91 Å². The van der Waals surface area contributed by atoms with Gasteiger partial charge in [-0.3, -0.25) is 19.3 Å². The summed E-state index contributed by atoms with van der Waals surface area (Å²) in [6, 6.07) is 42.0. The van der Waals surface area contributed by atoms with Gasteiger partial charge >= 0.3 is 6.09 Å². The molecule has 13 nitrogen and oxygen atoms in total. The zero-order chi connectivity index (χ0) is 43.3. The monoisotopic (exact) mass is 849 g/mol.